The lowest BCUT2D eigenvalue weighted by Crippen LogP contribution is -2.47. The molecule has 0 radical (unpaired) electrons. The van der Waals surface area contributed by atoms with E-state index in [0.29, 0.717) is 11.5 Å². The van der Waals surface area contributed by atoms with E-state index in [-0.39, 0.29) is 23.8 Å². The van der Waals surface area contributed by atoms with Crippen LogP contribution in [0.1, 0.15) is 41.0 Å². The maximum atomic E-state index is 12.3. The average molecular weight is 244 g/mol. The van der Waals surface area contributed by atoms with E-state index in [0.717, 1.165) is 6.42 Å². The quantitative estimate of drug-likeness (QED) is 0.729. The highest BCUT2D eigenvalue weighted by molar-refractivity contribution is 7.80. The minimum Gasteiger partial charge on any atom is -0.393 e. The molecule has 4 heteroatoms. The van der Waals surface area contributed by atoms with E-state index < -0.39 is 0 Å². The van der Waals surface area contributed by atoms with Crippen LogP contribution in [0.2, 0.25) is 0 Å². The molecule has 0 aromatic rings. The standard InChI is InChI=1S/C12H24N2OS/c1-6-9(5)14(7-2)12(15)10(8(3)4)11(13)16/h8-10H,6-7H2,1-5H3,(H2,13,16). The van der Waals surface area contributed by atoms with E-state index in [1.54, 1.807) is 0 Å². The van der Waals surface area contributed by atoms with Crippen LogP contribution in [0.5, 0.6) is 0 Å². The molecule has 2 N–H and O–H groups in total. The summed E-state index contributed by atoms with van der Waals surface area (Å²) in [7, 11) is 0. The Labute approximate surface area is 104 Å². The third-order valence-electron chi connectivity index (χ3n) is 2.99. The van der Waals surface area contributed by atoms with E-state index >= 15 is 0 Å². The van der Waals surface area contributed by atoms with Gasteiger partial charge in [-0.15, -0.1) is 0 Å². The number of carbonyl (C=O) groups excluding carboxylic acids is 1. The molecule has 3 nitrogen and oxygen atoms in total. The largest absolute Gasteiger partial charge is 0.393 e. The van der Waals surface area contributed by atoms with E-state index in [2.05, 4.69) is 13.8 Å². The highest BCUT2D eigenvalue weighted by Crippen LogP contribution is 2.17. The fourth-order valence-electron chi connectivity index (χ4n) is 1.82. The van der Waals surface area contributed by atoms with Gasteiger partial charge in [0.15, 0.2) is 0 Å². The highest BCUT2D eigenvalue weighted by atomic mass is 32.1. The van der Waals surface area contributed by atoms with E-state index in [1.807, 2.05) is 25.7 Å². The molecule has 94 valence electrons. The lowest BCUT2D eigenvalue weighted by molar-refractivity contribution is -0.136. The van der Waals surface area contributed by atoms with Crippen molar-refractivity contribution < 1.29 is 4.79 Å². The second kappa shape index (κ2) is 6.84. The summed E-state index contributed by atoms with van der Waals surface area (Å²) in [4.78, 5) is 14.5. The molecular formula is C12H24N2OS. The van der Waals surface area contributed by atoms with Gasteiger partial charge in [-0.2, -0.15) is 0 Å². The first-order chi connectivity index (χ1) is 7.36. The zero-order chi connectivity index (χ0) is 12.9. The normalized spacial score (nSPS) is 14.6. The third-order valence-corrected chi connectivity index (χ3v) is 3.24. The van der Waals surface area contributed by atoms with Gasteiger partial charge in [0.1, 0.15) is 0 Å². The molecule has 0 aliphatic heterocycles. The van der Waals surface area contributed by atoms with Crippen molar-refractivity contribution in [3.05, 3.63) is 0 Å². The molecule has 2 atom stereocenters. The summed E-state index contributed by atoms with van der Waals surface area (Å²) in [5, 5.41) is 0. The van der Waals surface area contributed by atoms with Crippen molar-refractivity contribution in [3.63, 3.8) is 0 Å². The molecule has 16 heavy (non-hydrogen) atoms. The van der Waals surface area contributed by atoms with Crippen molar-refractivity contribution >= 4 is 23.1 Å². The lowest BCUT2D eigenvalue weighted by Gasteiger charge is -2.32. The fraction of sp³-hybridized carbons (Fsp3) is 0.833. The van der Waals surface area contributed by atoms with Gasteiger partial charge in [-0.25, -0.2) is 0 Å². The topological polar surface area (TPSA) is 46.3 Å². The highest BCUT2D eigenvalue weighted by Gasteiger charge is 2.30. The predicted molar refractivity (Wildman–Crippen MR) is 72.3 cm³/mol. The van der Waals surface area contributed by atoms with Gasteiger partial charge in [0.2, 0.25) is 5.91 Å². The van der Waals surface area contributed by atoms with Gasteiger partial charge >= 0.3 is 0 Å². The van der Waals surface area contributed by atoms with Crippen molar-refractivity contribution in [1.82, 2.24) is 4.90 Å². The Balaban J connectivity index is 4.90. The molecule has 2 unspecified atom stereocenters. The number of amides is 1. The first kappa shape index (κ1) is 15.4. The minimum absolute atomic E-state index is 0.0688. The second-order valence-electron chi connectivity index (χ2n) is 4.51. The molecule has 0 aromatic carbocycles. The molecule has 0 aliphatic rings. The van der Waals surface area contributed by atoms with Gasteiger partial charge in [-0.05, 0) is 26.2 Å². The first-order valence-electron chi connectivity index (χ1n) is 5.96. The van der Waals surface area contributed by atoms with Crippen LogP contribution in [-0.4, -0.2) is 28.4 Å². The van der Waals surface area contributed by atoms with Crippen LogP contribution in [-0.2, 0) is 4.79 Å². The fourth-order valence-corrected chi connectivity index (χ4v) is 2.19. The monoisotopic (exact) mass is 244 g/mol. The maximum Gasteiger partial charge on any atom is 0.232 e. The van der Waals surface area contributed by atoms with Crippen molar-refractivity contribution in [2.24, 2.45) is 17.6 Å². The van der Waals surface area contributed by atoms with Gasteiger partial charge in [0.05, 0.1) is 10.9 Å². The Morgan fingerprint density at radius 1 is 1.31 bits per heavy atom. The number of nitrogens with zero attached hydrogens (tertiary/aromatic N) is 1. The van der Waals surface area contributed by atoms with Gasteiger partial charge in [0, 0.05) is 12.6 Å². The van der Waals surface area contributed by atoms with Crippen LogP contribution in [0.15, 0.2) is 0 Å². The molecule has 0 bridgehead atoms. The summed E-state index contributed by atoms with van der Waals surface area (Å²) in [6.45, 7) is 10.8. The smallest absolute Gasteiger partial charge is 0.232 e. The molecule has 1 amide bonds. The Bertz CT molecular complexity index is 253. The molecular weight excluding hydrogens is 220 g/mol. The minimum atomic E-state index is -0.330. The Kier molecular flexibility index (Phi) is 6.56. The van der Waals surface area contributed by atoms with Crippen molar-refractivity contribution in [2.45, 2.75) is 47.1 Å². The average Bonchev–Trinajstić information content (AvgIpc) is 2.17. The van der Waals surface area contributed by atoms with Crippen LogP contribution in [0, 0.1) is 11.8 Å². The molecule has 0 saturated carbocycles. The molecule has 0 spiro atoms. The second-order valence-corrected chi connectivity index (χ2v) is 4.98. The Morgan fingerprint density at radius 3 is 2.06 bits per heavy atom. The number of thiocarbonyl (C=S) groups is 1. The Hall–Kier alpha value is -0.640. The van der Waals surface area contributed by atoms with Crippen LogP contribution in [0.25, 0.3) is 0 Å². The van der Waals surface area contributed by atoms with Gasteiger partial charge in [0.25, 0.3) is 0 Å². The van der Waals surface area contributed by atoms with E-state index in [4.69, 9.17) is 18.0 Å². The number of carbonyl (C=O) groups is 1. The zero-order valence-corrected chi connectivity index (χ0v) is 11.8. The molecule has 0 rings (SSSR count). The Morgan fingerprint density at radius 2 is 1.81 bits per heavy atom. The summed E-state index contributed by atoms with van der Waals surface area (Å²) < 4.78 is 0. The third kappa shape index (κ3) is 3.74. The van der Waals surface area contributed by atoms with Gasteiger partial charge in [-0.3, -0.25) is 4.79 Å². The van der Waals surface area contributed by atoms with Crippen molar-refractivity contribution in [2.75, 3.05) is 6.54 Å². The van der Waals surface area contributed by atoms with Gasteiger partial charge in [-0.1, -0.05) is 33.0 Å². The van der Waals surface area contributed by atoms with Gasteiger partial charge < -0.3 is 10.6 Å². The lowest BCUT2D eigenvalue weighted by atomic mass is 9.93. The predicted octanol–water partition coefficient (Wildman–Crippen LogP) is 2.19. The summed E-state index contributed by atoms with van der Waals surface area (Å²) in [6, 6.07) is 0.244. The van der Waals surface area contributed by atoms with E-state index in [1.165, 1.54) is 0 Å². The number of rotatable bonds is 6. The molecule has 0 aliphatic carbocycles. The summed E-state index contributed by atoms with van der Waals surface area (Å²) in [6.07, 6.45) is 0.946. The number of hydrogen-bond donors (Lipinski definition) is 1. The summed E-state index contributed by atoms with van der Waals surface area (Å²) in [5.41, 5.74) is 5.66. The van der Waals surface area contributed by atoms with Crippen molar-refractivity contribution in [1.29, 1.82) is 0 Å². The molecule has 0 fully saturated rings. The zero-order valence-electron chi connectivity index (χ0n) is 11.0. The van der Waals surface area contributed by atoms with Crippen molar-refractivity contribution in [3.8, 4) is 0 Å². The number of nitrogens with two attached hydrogens (primary N) is 1. The van der Waals surface area contributed by atoms with Crippen LogP contribution >= 0.6 is 12.2 Å². The molecule has 0 aromatic heterocycles. The van der Waals surface area contributed by atoms with Crippen LogP contribution in [0.4, 0.5) is 0 Å². The molecule has 0 heterocycles. The SMILES string of the molecule is CCC(C)N(CC)C(=O)C(C(N)=S)C(C)C. The maximum absolute atomic E-state index is 12.3. The van der Waals surface area contributed by atoms with Crippen LogP contribution in [0.3, 0.4) is 0 Å². The summed E-state index contributed by atoms with van der Waals surface area (Å²) in [5.74, 6) is -0.105. The molecule has 0 saturated heterocycles. The van der Waals surface area contributed by atoms with E-state index in [9.17, 15) is 4.79 Å². The summed E-state index contributed by atoms with van der Waals surface area (Å²) >= 11 is 4.99. The van der Waals surface area contributed by atoms with Crippen LogP contribution < -0.4 is 5.73 Å². The number of hydrogen-bond acceptors (Lipinski definition) is 2. The first-order valence-corrected chi connectivity index (χ1v) is 6.37.